The van der Waals surface area contributed by atoms with Gasteiger partial charge in [0.15, 0.2) is 0 Å². The molecule has 22 heavy (non-hydrogen) atoms. The first-order valence-electron chi connectivity index (χ1n) is 7.23. The minimum Gasteiger partial charge on any atom is -0.355 e. The summed E-state index contributed by atoms with van der Waals surface area (Å²) in [6, 6.07) is 4.86. The zero-order valence-corrected chi connectivity index (χ0v) is 13.7. The lowest BCUT2D eigenvalue weighted by Crippen LogP contribution is -2.47. The Bertz CT molecular complexity index is 545. The fourth-order valence-corrected chi connectivity index (χ4v) is 3.19. The summed E-state index contributed by atoms with van der Waals surface area (Å²) in [4.78, 5) is 24.8. The van der Waals surface area contributed by atoms with E-state index in [1.807, 2.05) is 12.1 Å². The molecule has 0 bridgehead atoms. The number of likely N-dealkylation sites (tertiary alicyclic amines) is 1. The number of halogens is 2. The van der Waals surface area contributed by atoms with Gasteiger partial charge in [-0.25, -0.2) is 4.79 Å². The van der Waals surface area contributed by atoms with E-state index in [1.54, 1.807) is 6.07 Å². The maximum absolute atomic E-state index is 12.1. The van der Waals surface area contributed by atoms with Gasteiger partial charge in [0.2, 0.25) is 5.91 Å². The van der Waals surface area contributed by atoms with Crippen molar-refractivity contribution in [2.24, 2.45) is 11.7 Å². The Morgan fingerprint density at radius 3 is 2.59 bits per heavy atom. The van der Waals surface area contributed by atoms with Crippen LogP contribution in [0.4, 0.5) is 4.79 Å². The van der Waals surface area contributed by atoms with Crippen molar-refractivity contribution in [1.82, 2.24) is 10.2 Å². The number of benzene rings is 1. The Hall–Kier alpha value is -1.46. The number of carbonyl (C=O) groups is 2. The van der Waals surface area contributed by atoms with Gasteiger partial charge in [-0.05, 0) is 43.0 Å². The molecular formula is C15H19Cl2N3O2. The minimum atomic E-state index is -0.467. The molecule has 1 aromatic carbocycles. The molecular weight excluding hydrogens is 325 g/mol. The number of nitrogens with one attached hydrogen (secondary N) is 1. The standard InChI is InChI=1S/C15H19Cl2N3O2/c16-12-6-10(7-13(17)8-12)3-4-19-14(21)11-2-1-5-20(9-11)15(18)22/h6-8,11H,1-5,9H2,(H2,18,22)(H,19,21)/t11-/m1/s1. The number of amides is 3. The van der Waals surface area contributed by atoms with E-state index in [0.717, 1.165) is 18.4 Å². The highest BCUT2D eigenvalue weighted by Gasteiger charge is 2.27. The van der Waals surface area contributed by atoms with E-state index < -0.39 is 6.03 Å². The fourth-order valence-electron chi connectivity index (χ4n) is 2.62. The number of rotatable bonds is 4. The van der Waals surface area contributed by atoms with Crippen LogP contribution in [-0.4, -0.2) is 36.5 Å². The largest absolute Gasteiger partial charge is 0.355 e. The average molecular weight is 344 g/mol. The van der Waals surface area contributed by atoms with E-state index in [4.69, 9.17) is 28.9 Å². The molecule has 3 amide bonds. The summed E-state index contributed by atoms with van der Waals surface area (Å²) in [6.45, 7) is 1.52. The Morgan fingerprint density at radius 2 is 1.95 bits per heavy atom. The third-order valence-electron chi connectivity index (χ3n) is 3.74. The molecule has 1 aliphatic heterocycles. The zero-order chi connectivity index (χ0) is 16.1. The first-order valence-corrected chi connectivity index (χ1v) is 7.98. The van der Waals surface area contributed by atoms with Gasteiger partial charge in [0, 0.05) is 29.7 Å². The van der Waals surface area contributed by atoms with Crippen molar-refractivity contribution < 1.29 is 9.59 Å². The summed E-state index contributed by atoms with van der Waals surface area (Å²) >= 11 is 11.9. The number of hydrogen-bond donors (Lipinski definition) is 2. The van der Waals surface area contributed by atoms with Crippen LogP contribution in [0.15, 0.2) is 18.2 Å². The van der Waals surface area contributed by atoms with Crippen molar-refractivity contribution in [3.05, 3.63) is 33.8 Å². The summed E-state index contributed by atoms with van der Waals surface area (Å²) in [6.07, 6.45) is 2.22. The van der Waals surface area contributed by atoms with Crippen molar-refractivity contribution in [2.75, 3.05) is 19.6 Å². The van der Waals surface area contributed by atoms with Crippen LogP contribution in [0.5, 0.6) is 0 Å². The molecule has 1 atom stereocenters. The van der Waals surface area contributed by atoms with Crippen molar-refractivity contribution in [2.45, 2.75) is 19.3 Å². The van der Waals surface area contributed by atoms with Gasteiger partial charge in [-0.1, -0.05) is 23.2 Å². The molecule has 0 saturated carbocycles. The molecule has 120 valence electrons. The van der Waals surface area contributed by atoms with Crippen LogP contribution in [-0.2, 0) is 11.2 Å². The Balaban J connectivity index is 1.81. The second kappa shape index (κ2) is 7.70. The average Bonchev–Trinajstić information content (AvgIpc) is 2.46. The lowest BCUT2D eigenvalue weighted by atomic mass is 9.97. The molecule has 5 nitrogen and oxygen atoms in total. The van der Waals surface area contributed by atoms with Crippen molar-refractivity contribution in [3.63, 3.8) is 0 Å². The van der Waals surface area contributed by atoms with E-state index in [-0.39, 0.29) is 11.8 Å². The summed E-state index contributed by atoms with van der Waals surface area (Å²) in [5.74, 6) is -0.233. The molecule has 0 unspecified atom stereocenters. The molecule has 0 spiro atoms. The molecule has 1 heterocycles. The topological polar surface area (TPSA) is 75.4 Å². The number of piperidine rings is 1. The number of carbonyl (C=O) groups excluding carboxylic acids is 2. The SMILES string of the molecule is NC(=O)N1CCC[C@@H](C(=O)NCCc2cc(Cl)cc(Cl)c2)C1. The third kappa shape index (κ3) is 4.78. The van der Waals surface area contributed by atoms with Crippen LogP contribution < -0.4 is 11.1 Å². The highest BCUT2D eigenvalue weighted by atomic mass is 35.5. The highest BCUT2D eigenvalue weighted by Crippen LogP contribution is 2.19. The number of primary amides is 1. The smallest absolute Gasteiger partial charge is 0.314 e. The molecule has 1 aliphatic rings. The second-order valence-corrected chi connectivity index (χ2v) is 6.32. The summed E-state index contributed by atoms with van der Waals surface area (Å²) in [7, 11) is 0. The third-order valence-corrected chi connectivity index (χ3v) is 4.18. The van der Waals surface area contributed by atoms with E-state index in [1.165, 1.54) is 4.90 Å². The second-order valence-electron chi connectivity index (χ2n) is 5.44. The van der Waals surface area contributed by atoms with Gasteiger partial charge in [-0.15, -0.1) is 0 Å². The van der Waals surface area contributed by atoms with Crippen LogP contribution in [0.2, 0.25) is 10.0 Å². The van der Waals surface area contributed by atoms with Crippen molar-refractivity contribution in [3.8, 4) is 0 Å². The Kier molecular flexibility index (Phi) is 5.91. The Labute approximate surface area is 139 Å². The van der Waals surface area contributed by atoms with Crippen molar-refractivity contribution in [1.29, 1.82) is 0 Å². The lowest BCUT2D eigenvalue weighted by Gasteiger charge is -2.30. The molecule has 0 aliphatic carbocycles. The monoisotopic (exact) mass is 343 g/mol. The highest BCUT2D eigenvalue weighted by molar-refractivity contribution is 6.34. The van der Waals surface area contributed by atoms with Crippen molar-refractivity contribution >= 4 is 35.1 Å². The molecule has 0 radical (unpaired) electrons. The molecule has 1 fully saturated rings. The number of hydrogen-bond acceptors (Lipinski definition) is 2. The predicted octanol–water partition coefficient (Wildman–Crippen LogP) is 2.44. The summed E-state index contributed by atoms with van der Waals surface area (Å²) in [5, 5.41) is 4.06. The van der Waals surface area contributed by atoms with Crippen LogP contribution in [0.25, 0.3) is 0 Å². The molecule has 0 aromatic heterocycles. The molecule has 2 rings (SSSR count). The van der Waals surface area contributed by atoms with E-state index in [2.05, 4.69) is 5.32 Å². The summed E-state index contributed by atoms with van der Waals surface area (Å²) in [5.41, 5.74) is 6.24. The molecule has 1 aromatic rings. The first kappa shape index (κ1) is 16.9. The normalized spacial score (nSPS) is 18.1. The fraction of sp³-hybridized carbons (Fsp3) is 0.467. The van der Waals surface area contributed by atoms with E-state index in [9.17, 15) is 9.59 Å². The molecule has 3 N–H and O–H groups in total. The van der Waals surface area contributed by atoms with Crippen LogP contribution >= 0.6 is 23.2 Å². The van der Waals surface area contributed by atoms with Gasteiger partial charge in [-0.2, -0.15) is 0 Å². The first-order chi connectivity index (χ1) is 10.5. The number of urea groups is 1. The van der Waals surface area contributed by atoms with Gasteiger partial charge >= 0.3 is 6.03 Å². The zero-order valence-electron chi connectivity index (χ0n) is 12.1. The quantitative estimate of drug-likeness (QED) is 0.880. The van der Waals surface area contributed by atoms with Crippen LogP contribution in [0.3, 0.4) is 0 Å². The minimum absolute atomic E-state index is 0.0425. The van der Waals surface area contributed by atoms with Crippen LogP contribution in [0, 0.1) is 5.92 Å². The number of nitrogens with zero attached hydrogens (tertiary/aromatic N) is 1. The molecule has 7 heteroatoms. The maximum atomic E-state index is 12.1. The van der Waals surface area contributed by atoms with Crippen LogP contribution in [0.1, 0.15) is 18.4 Å². The lowest BCUT2D eigenvalue weighted by molar-refractivity contribution is -0.126. The van der Waals surface area contributed by atoms with Gasteiger partial charge in [0.1, 0.15) is 0 Å². The Morgan fingerprint density at radius 1 is 1.27 bits per heavy atom. The van der Waals surface area contributed by atoms with Gasteiger partial charge in [0.25, 0.3) is 0 Å². The van der Waals surface area contributed by atoms with Gasteiger partial charge in [-0.3, -0.25) is 4.79 Å². The van der Waals surface area contributed by atoms with Gasteiger partial charge < -0.3 is 16.0 Å². The maximum Gasteiger partial charge on any atom is 0.314 e. The van der Waals surface area contributed by atoms with E-state index >= 15 is 0 Å². The summed E-state index contributed by atoms with van der Waals surface area (Å²) < 4.78 is 0. The van der Waals surface area contributed by atoms with E-state index in [0.29, 0.717) is 36.1 Å². The van der Waals surface area contributed by atoms with Gasteiger partial charge in [0.05, 0.1) is 5.92 Å². The number of nitrogens with two attached hydrogens (primary N) is 1. The molecule has 1 saturated heterocycles. The predicted molar refractivity (Wildman–Crippen MR) is 87.1 cm³/mol.